The van der Waals surface area contributed by atoms with Crippen LogP contribution in [0.1, 0.15) is 16.1 Å². The van der Waals surface area contributed by atoms with E-state index in [9.17, 15) is 14.7 Å². The number of para-hydroxylation sites is 1. The number of anilines is 1. The summed E-state index contributed by atoms with van der Waals surface area (Å²) >= 11 is 0. The second-order valence-electron chi connectivity index (χ2n) is 8.31. The van der Waals surface area contributed by atoms with Gasteiger partial charge in [-0.15, -0.1) is 0 Å². The van der Waals surface area contributed by atoms with Crippen molar-refractivity contribution in [3.63, 3.8) is 0 Å². The van der Waals surface area contributed by atoms with Gasteiger partial charge in [0, 0.05) is 25.5 Å². The van der Waals surface area contributed by atoms with Gasteiger partial charge in [-0.05, 0) is 24.3 Å². The molecule has 0 unspecified atom stereocenters. The van der Waals surface area contributed by atoms with Crippen LogP contribution in [0.15, 0.2) is 60.9 Å². The van der Waals surface area contributed by atoms with Gasteiger partial charge in [-0.1, -0.05) is 30.0 Å². The third-order valence-electron chi connectivity index (χ3n) is 5.59. The van der Waals surface area contributed by atoms with E-state index in [1.54, 1.807) is 31.3 Å². The highest BCUT2D eigenvalue weighted by molar-refractivity contribution is 6.02. The third kappa shape index (κ3) is 4.84. The Balaban J connectivity index is 1.32. The molecule has 2 aliphatic heterocycles. The zero-order valence-corrected chi connectivity index (χ0v) is 19.3. The molecule has 1 atom stereocenters. The fourth-order valence-electron chi connectivity index (χ4n) is 3.60. The van der Waals surface area contributed by atoms with Crippen molar-refractivity contribution in [3.05, 3.63) is 72.2 Å². The van der Waals surface area contributed by atoms with Crippen LogP contribution < -0.4 is 19.7 Å². The van der Waals surface area contributed by atoms with Gasteiger partial charge < -0.3 is 24.6 Å². The minimum absolute atomic E-state index is 0.0845. The first-order valence-corrected chi connectivity index (χ1v) is 11.1. The van der Waals surface area contributed by atoms with E-state index < -0.39 is 23.5 Å². The summed E-state index contributed by atoms with van der Waals surface area (Å²) in [5, 5.41) is 12.9. The van der Waals surface area contributed by atoms with Gasteiger partial charge in [0.15, 0.2) is 17.2 Å². The minimum Gasteiger partial charge on any atom is -0.486 e. The van der Waals surface area contributed by atoms with Crippen molar-refractivity contribution in [2.75, 3.05) is 31.8 Å². The molecular weight excluding hydrogens is 464 g/mol. The van der Waals surface area contributed by atoms with Crippen molar-refractivity contribution in [1.82, 2.24) is 15.3 Å². The molecule has 1 saturated heterocycles. The maximum Gasteiger partial charge on any atom is 0.270 e. The average molecular weight is 486 g/mol. The molecule has 5 rings (SSSR count). The zero-order chi connectivity index (χ0) is 25.1. The van der Waals surface area contributed by atoms with E-state index in [1.165, 1.54) is 23.4 Å². The Bertz CT molecular complexity index is 1360. The maximum absolute atomic E-state index is 13.1. The fraction of sp³-hybridized carbons (Fsp3) is 0.231. The number of carbonyl (C=O) groups excluding carboxylic acids is 2. The fourth-order valence-corrected chi connectivity index (χ4v) is 3.60. The predicted molar refractivity (Wildman–Crippen MR) is 128 cm³/mol. The van der Waals surface area contributed by atoms with Crippen molar-refractivity contribution in [2.45, 2.75) is 11.6 Å². The number of hydrogen-bond donors (Lipinski definition) is 2. The number of fused-ring (bicyclic) bond motifs is 1. The molecule has 2 aliphatic rings. The smallest absolute Gasteiger partial charge is 0.270 e. The summed E-state index contributed by atoms with van der Waals surface area (Å²) in [7, 11) is 1.54. The highest BCUT2D eigenvalue weighted by atomic mass is 16.5. The molecule has 2 N–H and O–H groups in total. The highest BCUT2D eigenvalue weighted by Gasteiger charge is 2.35. The predicted octanol–water partition coefficient (Wildman–Crippen LogP) is 1.54. The number of amides is 2. The first-order chi connectivity index (χ1) is 17.4. The summed E-state index contributed by atoms with van der Waals surface area (Å²) in [6, 6.07) is 12.9. The number of carbonyl (C=O) groups is 2. The molecule has 0 aliphatic carbocycles. The molecule has 182 valence electrons. The minimum atomic E-state index is -1.20. The van der Waals surface area contributed by atoms with Crippen molar-refractivity contribution in [3.8, 4) is 29.1 Å². The third-order valence-corrected chi connectivity index (χ3v) is 5.59. The molecule has 0 spiro atoms. The number of benzene rings is 1. The van der Waals surface area contributed by atoms with Crippen LogP contribution in [0.3, 0.4) is 0 Å². The lowest BCUT2D eigenvalue weighted by Crippen LogP contribution is -2.49. The molecule has 1 fully saturated rings. The summed E-state index contributed by atoms with van der Waals surface area (Å²) in [4.78, 5) is 35.7. The summed E-state index contributed by atoms with van der Waals surface area (Å²) in [6.45, 7) is 0.119. The SMILES string of the molecule is CN1C(=O)[C@@H](NC(=O)c2cc(Oc3ccccc3)ccn2)COc2c(C#CC3(O)COC3)ccnc21. The van der Waals surface area contributed by atoms with Crippen molar-refractivity contribution in [1.29, 1.82) is 0 Å². The number of hydrogen-bond acceptors (Lipinski definition) is 8. The number of pyridine rings is 2. The number of nitrogens with zero attached hydrogens (tertiary/aromatic N) is 3. The molecular formula is C26H22N4O6. The van der Waals surface area contributed by atoms with Crippen molar-refractivity contribution >= 4 is 17.6 Å². The van der Waals surface area contributed by atoms with Gasteiger partial charge in [-0.3, -0.25) is 19.5 Å². The van der Waals surface area contributed by atoms with Crippen LogP contribution in [0.4, 0.5) is 5.82 Å². The highest BCUT2D eigenvalue weighted by Crippen LogP contribution is 2.32. The van der Waals surface area contributed by atoms with Gasteiger partial charge in [0.25, 0.3) is 11.8 Å². The Kier molecular flexibility index (Phi) is 6.25. The Morgan fingerprint density at radius 2 is 1.94 bits per heavy atom. The number of nitrogens with one attached hydrogen (secondary N) is 1. The van der Waals surface area contributed by atoms with E-state index in [1.807, 2.05) is 18.2 Å². The largest absolute Gasteiger partial charge is 0.486 e. The number of rotatable bonds is 4. The van der Waals surface area contributed by atoms with Crippen LogP contribution in [0.25, 0.3) is 0 Å². The molecule has 0 saturated carbocycles. The van der Waals surface area contributed by atoms with E-state index >= 15 is 0 Å². The lowest BCUT2D eigenvalue weighted by molar-refractivity contribution is -0.140. The quantitative estimate of drug-likeness (QED) is 0.533. The van der Waals surface area contributed by atoms with Gasteiger partial charge in [0.1, 0.15) is 29.8 Å². The van der Waals surface area contributed by atoms with Crippen LogP contribution in [-0.2, 0) is 9.53 Å². The molecule has 0 radical (unpaired) electrons. The second-order valence-corrected chi connectivity index (χ2v) is 8.31. The molecule has 10 nitrogen and oxygen atoms in total. The van der Waals surface area contributed by atoms with E-state index in [0.717, 1.165) is 0 Å². The van der Waals surface area contributed by atoms with E-state index in [-0.39, 0.29) is 37.1 Å². The summed E-state index contributed by atoms with van der Waals surface area (Å²) in [6.07, 6.45) is 2.95. The van der Waals surface area contributed by atoms with Crippen LogP contribution in [0.2, 0.25) is 0 Å². The van der Waals surface area contributed by atoms with Gasteiger partial charge in [-0.2, -0.15) is 0 Å². The maximum atomic E-state index is 13.1. The Labute approximate surface area is 206 Å². The van der Waals surface area contributed by atoms with Gasteiger partial charge >= 0.3 is 0 Å². The van der Waals surface area contributed by atoms with Crippen LogP contribution in [0, 0.1) is 11.8 Å². The number of aliphatic hydroxyl groups is 1. The Morgan fingerprint density at radius 3 is 2.69 bits per heavy atom. The van der Waals surface area contributed by atoms with Crippen LogP contribution in [-0.4, -0.2) is 65.4 Å². The molecule has 0 bridgehead atoms. The Morgan fingerprint density at radius 1 is 1.17 bits per heavy atom. The topological polar surface area (TPSA) is 123 Å². The van der Waals surface area contributed by atoms with Gasteiger partial charge in [0.2, 0.25) is 0 Å². The average Bonchev–Trinajstić information content (AvgIpc) is 2.99. The van der Waals surface area contributed by atoms with Crippen molar-refractivity contribution < 1.29 is 28.9 Å². The van der Waals surface area contributed by atoms with E-state index in [0.29, 0.717) is 17.1 Å². The summed E-state index contributed by atoms with van der Waals surface area (Å²) < 4.78 is 16.7. The number of likely N-dealkylation sites (N-methyl/N-ethyl adjacent to an activating group) is 1. The Hall–Kier alpha value is -4.46. The second kappa shape index (κ2) is 9.65. The summed E-state index contributed by atoms with van der Waals surface area (Å²) in [5.41, 5.74) is -0.661. The van der Waals surface area contributed by atoms with Gasteiger partial charge in [0.05, 0.1) is 18.8 Å². The molecule has 3 aromatic rings. The lowest BCUT2D eigenvalue weighted by Gasteiger charge is -2.30. The van der Waals surface area contributed by atoms with E-state index in [4.69, 9.17) is 14.2 Å². The number of aromatic nitrogens is 2. The molecule has 4 heterocycles. The standard InChI is InChI=1S/C26H22N4O6/c1-30-23-22(17(8-11-28-23)7-10-26(33)15-34-16-26)35-14-21(25(30)32)29-24(31)20-13-19(9-12-27-20)36-18-5-3-2-4-6-18/h2-6,8-9,11-13,21,33H,14-16H2,1H3,(H,29,31)/t21-/m0/s1. The van der Waals surface area contributed by atoms with Crippen LogP contribution in [0.5, 0.6) is 17.2 Å². The first-order valence-electron chi connectivity index (χ1n) is 11.1. The zero-order valence-electron chi connectivity index (χ0n) is 19.3. The molecule has 36 heavy (non-hydrogen) atoms. The van der Waals surface area contributed by atoms with Crippen LogP contribution >= 0.6 is 0 Å². The summed E-state index contributed by atoms with van der Waals surface area (Å²) in [5.74, 6) is 6.29. The van der Waals surface area contributed by atoms with Gasteiger partial charge in [-0.25, -0.2) is 4.98 Å². The monoisotopic (exact) mass is 486 g/mol. The lowest BCUT2D eigenvalue weighted by atomic mass is 10.0. The molecule has 1 aromatic carbocycles. The molecule has 2 aromatic heterocycles. The molecule has 10 heteroatoms. The van der Waals surface area contributed by atoms with E-state index in [2.05, 4.69) is 27.1 Å². The number of ether oxygens (including phenoxy) is 3. The van der Waals surface area contributed by atoms with Crippen molar-refractivity contribution in [2.24, 2.45) is 0 Å². The first kappa shape index (κ1) is 23.3. The normalized spacial score (nSPS) is 17.9. The molecule has 2 amide bonds.